The van der Waals surface area contributed by atoms with Gasteiger partial charge in [-0.05, 0) is 45.4 Å². The predicted octanol–water partition coefficient (Wildman–Crippen LogP) is 2.02. The first kappa shape index (κ1) is 12.4. The van der Waals surface area contributed by atoms with Crippen molar-refractivity contribution in [3.05, 3.63) is 26.9 Å². The average Bonchev–Trinajstić information content (AvgIpc) is 2.62. The third-order valence-electron chi connectivity index (χ3n) is 1.65. The highest BCUT2D eigenvalue weighted by Gasteiger charge is 1.95. The van der Waals surface area contributed by atoms with Crippen molar-refractivity contribution in [3.63, 3.8) is 0 Å². The lowest BCUT2D eigenvalue weighted by molar-refractivity contribution is -0.116. The molecule has 1 amide bonds. The van der Waals surface area contributed by atoms with Crippen molar-refractivity contribution in [1.82, 2.24) is 5.32 Å². The summed E-state index contributed by atoms with van der Waals surface area (Å²) in [5.74, 6) is -0.134. The van der Waals surface area contributed by atoms with E-state index in [9.17, 15) is 4.79 Å². The van der Waals surface area contributed by atoms with Crippen LogP contribution < -0.4 is 5.32 Å². The molecule has 1 rings (SSSR count). The minimum absolute atomic E-state index is 0.0987. The first-order valence-corrected chi connectivity index (χ1v) is 6.20. The molecule has 0 fully saturated rings. The second kappa shape index (κ2) is 6.76. The molecule has 0 aliphatic carbocycles. The molecule has 0 aliphatic rings. The fourth-order valence-electron chi connectivity index (χ4n) is 0.932. The van der Waals surface area contributed by atoms with Gasteiger partial charge in [-0.1, -0.05) is 0 Å². The van der Waals surface area contributed by atoms with Gasteiger partial charge in [-0.15, -0.1) is 11.3 Å². The van der Waals surface area contributed by atoms with E-state index >= 15 is 0 Å². The highest BCUT2D eigenvalue weighted by molar-refractivity contribution is 9.11. The zero-order valence-corrected chi connectivity index (χ0v) is 10.5. The minimum atomic E-state index is -0.134. The molecule has 0 radical (unpaired) electrons. The zero-order valence-electron chi connectivity index (χ0n) is 8.07. The normalized spacial score (nSPS) is 10.8. The van der Waals surface area contributed by atoms with E-state index < -0.39 is 0 Å². The highest BCUT2D eigenvalue weighted by Crippen LogP contribution is 2.21. The van der Waals surface area contributed by atoms with Crippen LogP contribution in [-0.4, -0.2) is 24.2 Å². The number of hydrogen-bond acceptors (Lipinski definition) is 3. The standard InChI is InChI=1S/C10H12BrNO2S/c11-9-6-8(7-15-9)2-3-10(14)12-4-1-5-13/h2-3,6-7,13H,1,4-5H2,(H,12,14)/b3-2+. The maximum atomic E-state index is 11.2. The molecule has 0 saturated heterocycles. The van der Waals surface area contributed by atoms with Gasteiger partial charge in [-0.2, -0.15) is 0 Å². The quantitative estimate of drug-likeness (QED) is 0.644. The van der Waals surface area contributed by atoms with Crippen molar-refractivity contribution in [3.8, 4) is 0 Å². The molecule has 0 unspecified atom stereocenters. The van der Waals surface area contributed by atoms with E-state index in [1.54, 1.807) is 17.4 Å². The Hall–Kier alpha value is -0.650. The van der Waals surface area contributed by atoms with Crippen LogP contribution in [0.25, 0.3) is 6.08 Å². The van der Waals surface area contributed by atoms with E-state index in [0.717, 1.165) is 9.35 Å². The molecule has 2 N–H and O–H groups in total. The van der Waals surface area contributed by atoms with Gasteiger partial charge < -0.3 is 10.4 Å². The Labute approximate surface area is 101 Å². The van der Waals surface area contributed by atoms with Gasteiger partial charge in [-0.25, -0.2) is 0 Å². The lowest BCUT2D eigenvalue weighted by atomic mass is 10.3. The molecule has 0 spiro atoms. The summed E-state index contributed by atoms with van der Waals surface area (Å²) >= 11 is 4.92. The topological polar surface area (TPSA) is 49.3 Å². The van der Waals surface area contributed by atoms with E-state index in [1.165, 1.54) is 6.08 Å². The zero-order chi connectivity index (χ0) is 11.1. The number of hydrogen-bond donors (Lipinski definition) is 2. The Kier molecular flexibility index (Phi) is 5.60. The van der Waals surface area contributed by atoms with E-state index in [0.29, 0.717) is 13.0 Å². The highest BCUT2D eigenvalue weighted by atomic mass is 79.9. The molecule has 0 atom stereocenters. The molecule has 0 aromatic carbocycles. The fraction of sp³-hybridized carbons (Fsp3) is 0.300. The largest absolute Gasteiger partial charge is 0.396 e. The lowest BCUT2D eigenvalue weighted by Crippen LogP contribution is -2.22. The van der Waals surface area contributed by atoms with Gasteiger partial charge in [0.25, 0.3) is 0 Å². The molecular formula is C10H12BrNO2S. The number of amides is 1. The molecular weight excluding hydrogens is 278 g/mol. The maximum Gasteiger partial charge on any atom is 0.244 e. The van der Waals surface area contributed by atoms with E-state index in [1.807, 2.05) is 11.4 Å². The van der Waals surface area contributed by atoms with E-state index in [2.05, 4.69) is 21.2 Å². The third kappa shape index (κ3) is 5.11. The molecule has 0 saturated carbocycles. The number of nitrogens with one attached hydrogen (secondary N) is 1. The molecule has 0 aliphatic heterocycles. The van der Waals surface area contributed by atoms with Gasteiger partial charge in [-0.3, -0.25) is 4.79 Å². The van der Waals surface area contributed by atoms with Gasteiger partial charge in [0.2, 0.25) is 5.91 Å². The van der Waals surface area contributed by atoms with Crippen LogP contribution in [-0.2, 0) is 4.79 Å². The molecule has 1 aromatic heterocycles. The van der Waals surface area contributed by atoms with Crippen LogP contribution in [0.5, 0.6) is 0 Å². The molecule has 82 valence electrons. The Morgan fingerprint density at radius 3 is 3.07 bits per heavy atom. The van der Waals surface area contributed by atoms with Gasteiger partial charge in [0.1, 0.15) is 0 Å². The van der Waals surface area contributed by atoms with Crippen molar-refractivity contribution < 1.29 is 9.90 Å². The van der Waals surface area contributed by atoms with Crippen LogP contribution >= 0.6 is 27.3 Å². The number of aliphatic hydroxyl groups is 1. The predicted molar refractivity (Wildman–Crippen MR) is 65.8 cm³/mol. The van der Waals surface area contributed by atoms with Crippen LogP contribution in [0.4, 0.5) is 0 Å². The van der Waals surface area contributed by atoms with Crippen LogP contribution in [0.15, 0.2) is 21.3 Å². The number of carbonyl (C=O) groups excluding carboxylic acids is 1. The summed E-state index contributed by atoms with van der Waals surface area (Å²) in [5.41, 5.74) is 1.00. The smallest absolute Gasteiger partial charge is 0.244 e. The van der Waals surface area contributed by atoms with E-state index in [4.69, 9.17) is 5.11 Å². The Morgan fingerprint density at radius 2 is 2.47 bits per heavy atom. The Morgan fingerprint density at radius 1 is 1.67 bits per heavy atom. The number of carbonyl (C=O) groups is 1. The summed E-state index contributed by atoms with van der Waals surface area (Å²) in [6.45, 7) is 0.606. The summed E-state index contributed by atoms with van der Waals surface area (Å²) in [4.78, 5) is 11.2. The van der Waals surface area contributed by atoms with Crippen molar-refractivity contribution in [2.75, 3.05) is 13.2 Å². The second-order valence-electron chi connectivity index (χ2n) is 2.89. The number of halogens is 1. The number of aliphatic hydroxyl groups excluding tert-OH is 1. The second-order valence-corrected chi connectivity index (χ2v) is 5.18. The van der Waals surface area contributed by atoms with Gasteiger partial charge in [0.15, 0.2) is 0 Å². The van der Waals surface area contributed by atoms with Crippen molar-refractivity contribution in [2.45, 2.75) is 6.42 Å². The molecule has 1 heterocycles. The maximum absolute atomic E-state index is 11.2. The van der Waals surface area contributed by atoms with Crippen LogP contribution in [0.2, 0.25) is 0 Å². The van der Waals surface area contributed by atoms with Crippen molar-refractivity contribution >= 4 is 39.2 Å². The summed E-state index contributed by atoms with van der Waals surface area (Å²) in [5, 5.41) is 13.1. The number of thiophene rings is 1. The summed E-state index contributed by atoms with van der Waals surface area (Å²) in [6.07, 6.45) is 3.84. The van der Waals surface area contributed by atoms with Gasteiger partial charge in [0.05, 0.1) is 3.79 Å². The van der Waals surface area contributed by atoms with Gasteiger partial charge >= 0.3 is 0 Å². The molecule has 15 heavy (non-hydrogen) atoms. The summed E-state index contributed by atoms with van der Waals surface area (Å²) in [7, 11) is 0. The average molecular weight is 290 g/mol. The van der Waals surface area contributed by atoms with E-state index in [-0.39, 0.29) is 12.5 Å². The molecule has 0 bridgehead atoms. The Bertz CT molecular complexity index is 349. The van der Waals surface area contributed by atoms with Crippen molar-refractivity contribution in [2.24, 2.45) is 0 Å². The number of rotatable bonds is 5. The fourth-order valence-corrected chi connectivity index (χ4v) is 2.08. The summed E-state index contributed by atoms with van der Waals surface area (Å²) < 4.78 is 1.04. The van der Waals surface area contributed by atoms with Crippen molar-refractivity contribution in [1.29, 1.82) is 0 Å². The summed E-state index contributed by atoms with van der Waals surface area (Å²) in [6, 6.07) is 1.95. The first-order valence-electron chi connectivity index (χ1n) is 4.53. The molecule has 1 aromatic rings. The van der Waals surface area contributed by atoms with Crippen LogP contribution in [0.3, 0.4) is 0 Å². The monoisotopic (exact) mass is 289 g/mol. The third-order valence-corrected chi connectivity index (χ3v) is 3.17. The first-order chi connectivity index (χ1) is 7.22. The molecule has 5 heteroatoms. The lowest BCUT2D eigenvalue weighted by Gasteiger charge is -1.98. The molecule has 3 nitrogen and oxygen atoms in total. The minimum Gasteiger partial charge on any atom is -0.396 e. The van der Waals surface area contributed by atoms with Gasteiger partial charge in [0, 0.05) is 19.2 Å². The van der Waals surface area contributed by atoms with Crippen LogP contribution in [0.1, 0.15) is 12.0 Å². The SMILES string of the molecule is O=C(/C=C/c1csc(Br)c1)NCCCO. The van der Waals surface area contributed by atoms with Crippen LogP contribution in [0, 0.1) is 0 Å². The Balaban J connectivity index is 2.34.